The molecule has 4 aromatic rings. The van der Waals surface area contributed by atoms with Crippen LogP contribution in [0.1, 0.15) is 33.9 Å². The van der Waals surface area contributed by atoms with Gasteiger partial charge in [-0.05, 0) is 35.4 Å². The zero-order valence-electron chi connectivity index (χ0n) is 18.0. The van der Waals surface area contributed by atoms with Crippen LogP contribution in [0.25, 0.3) is 22.0 Å². The summed E-state index contributed by atoms with van der Waals surface area (Å²) < 4.78 is 5.71. The number of carbonyl (C=O) groups excluding carboxylic acids is 1. The Labute approximate surface area is 206 Å². The summed E-state index contributed by atoms with van der Waals surface area (Å²) in [7, 11) is 0. The van der Waals surface area contributed by atoms with E-state index in [1.165, 1.54) is 0 Å². The van der Waals surface area contributed by atoms with Gasteiger partial charge in [0.1, 0.15) is 5.75 Å². The van der Waals surface area contributed by atoms with Crippen LogP contribution in [-0.4, -0.2) is 17.5 Å². The Kier molecular flexibility index (Phi) is 6.10. The second-order valence-electron chi connectivity index (χ2n) is 8.05. The highest BCUT2D eigenvalue weighted by atomic mass is 35.5. The number of nitrogens with zero attached hydrogens (tertiary/aromatic N) is 2. The molecule has 168 valence electrons. The average molecular weight is 488 g/mol. The van der Waals surface area contributed by atoms with Crippen molar-refractivity contribution in [3.05, 3.63) is 93.6 Å². The van der Waals surface area contributed by atoms with Crippen LogP contribution < -0.4 is 10.1 Å². The van der Waals surface area contributed by atoms with Crippen molar-refractivity contribution >= 4 is 40.0 Å². The van der Waals surface area contributed by atoms with E-state index in [0.29, 0.717) is 39.7 Å². The molecule has 0 radical (unpaired) electrons. The molecule has 5 rings (SSSR count). The molecule has 0 aliphatic carbocycles. The Morgan fingerprint density at radius 2 is 1.91 bits per heavy atom. The molecule has 7 heteroatoms. The van der Waals surface area contributed by atoms with Gasteiger partial charge in [0.25, 0.3) is 5.91 Å². The van der Waals surface area contributed by atoms with Crippen LogP contribution in [0.4, 0.5) is 0 Å². The van der Waals surface area contributed by atoms with Crippen LogP contribution in [0.2, 0.25) is 10.0 Å². The lowest BCUT2D eigenvalue weighted by Crippen LogP contribution is -2.32. The normalized spacial score (nSPS) is 14.7. The summed E-state index contributed by atoms with van der Waals surface area (Å²) >= 11 is 12.4. The second-order valence-corrected chi connectivity index (χ2v) is 8.92. The lowest BCUT2D eigenvalue weighted by Gasteiger charge is -2.27. The second kappa shape index (κ2) is 9.34. The Morgan fingerprint density at radius 1 is 1.12 bits per heavy atom. The number of nitrogens with one attached hydrogen (secondary N) is 1. The number of ether oxygens (including phenoxy) is 1. The van der Waals surface area contributed by atoms with Crippen LogP contribution in [-0.2, 0) is 6.42 Å². The largest absolute Gasteiger partial charge is 0.493 e. The fourth-order valence-electron chi connectivity index (χ4n) is 4.41. The molecule has 3 aromatic carbocycles. The molecule has 1 aliphatic heterocycles. The van der Waals surface area contributed by atoms with Crippen LogP contribution >= 0.6 is 23.2 Å². The van der Waals surface area contributed by atoms with Crippen molar-refractivity contribution in [2.75, 3.05) is 6.61 Å². The fraction of sp³-hybridized carbons (Fsp3) is 0.148. The number of benzene rings is 3. The highest BCUT2D eigenvalue weighted by Crippen LogP contribution is 2.35. The summed E-state index contributed by atoms with van der Waals surface area (Å²) in [4.78, 5) is 18.0. The molecular formula is C27H19Cl2N3O2. The molecule has 5 nitrogen and oxygen atoms in total. The molecule has 0 bridgehead atoms. The summed E-state index contributed by atoms with van der Waals surface area (Å²) in [6.07, 6.45) is 2.29. The number of hydrogen-bond acceptors (Lipinski definition) is 4. The van der Waals surface area contributed by atoms with Gasteiger partial charge < -0.3 is 10.1 Å². The van der Waals surface area contributed by atoms with Gasteiger partial charge in [-0.1, -0.05) is 59.6 Å². The van der Waals surface area contributed by atoms with E-state index in [-0.39, 0.29) is 18.4 Å². The number of hydrogen-bond donors (Lipinski definition) is 1. The van der Waals surface area contributed by atoms with E-state index in [4.69, 9.17) is 27.9 Å². The van der Waals surface area contributed by atoms with E-state index < -0.39 is 0 Å². The van der Waals surface area contributed by atoms with Gasteiger partial charge in [0.2, 0.25) is 0 Å². The molecule has 1 aromatic heterocycles. The van der Waals surface area contributed by atoms with Crippen molar-refractivity contribution in [1.82, 2.24) is 10.3 Å². The first-order valence-electron chi connectivity index (χ1n) is 10.8. The van der Waals surface area contributed by atoms with Gasteiger partial charge in [0, 0.05) is 39.2 Å². The third-order valence-electron chi connectivity index (χ3n) is 5.95. The fourth-order valence-corrected chi connectivity index (χ4v) is 4.94. The van der Waals surface area contributed by atoms with Crippen LogP contribution in [0.15, 0.2) is 66.9 Å². The number of amides is 1. The predicted molar refractivity (Wildman–Crippen MR) is 133 cm³/mol. The number of nitriles is 1. The van der Waals surface area contributed by atoms with Crippen molar-refractivity contribution < 1.29 is 9.53 Å². The van der Waals surface area contributed by atoms with Gasteiger partial charge in [-0.15, -0.1) is 0 Å². The number of aromatic nitrogens is 1. The number of carbonyl (C=O) groups is 1. The minimum Gasteiger partial charge on any atom is -0.493 e. The van der Waals surface area contributed by atoms with E-state index in [9.17, 15) is 10.1 Å². The van der Waals surface area contributed by atoms with Gasteiger partial charge in [-0.25, -0.2) is 0 Å². The molecule has 1 N–H and O–H groups in total. The summed E-state index contributed by atoms with van der Waals surface area (Å²) in [6, 6.07) is 20.7. The monoisotopic (exact) mass is 487 g/mol. The lowest BCUT2D eigenvalue weighted by molar-refractivity contribution is 0.0924. The predicted octanol–water partition coefficient (Wildman–Crippen LogP) is 6.53. The van der Waals surface area contributed by atoms with Gasteiger partial charge in [0.15, 0.2) is 0 Å². The van der Waals surface area contributed by atoms with Gasteiger partial charge in [-0.2, -0.15) is 5.26 Å². The minimum atomic E-state index is -0.266. The van der Waals surface area contributed by atoms with Crippen LogP contribution in [0.5, 0.6) is 5.75 Å². The molecule has 34 heavy (non-hydrogen) atoms. The third kappa shape index (κ3) is 4.19. The standard InChI is InChI=1S/C27H19Cl2N3O2/c28-17-12-16(13-18(29)14-17)19-5-3-6-21-20(8-10-30)23(15-31-26(19)21)27(33)32-24-9-11-34-25-7-2-1-4-22(24)25/h1-7,12-15,24H,8-9,11H2,(H,32,33)/t24-/m0/s1. The zero-order chi connectivity index (χ0) is 23.7. The van der Waals surface area contributed by atoms with Crippen molar-refractivity contribution in [3.8, 4) is 22.9 Å². The van der Waals surface area contributed by atoms with E-state index in [1.54, 1.807) is 12.3 Å². The Bertz CT molecular complexity index is 1440. The SMILES string of the molecule is N#CCc1c(C(=O)N[C@H]2CCOc3ccccc32)cnc2c(-c3cc(Cl)cc(Cl)c3)cccc12. The number of pyridine rings is 1. The topological polar surface area (TPSA) is 75.0 Å². The van der Waals surface area contributed by atoms with E-state index >= 15 is 0 Å². The molecule has 2 heterocycles. The van der Waals surface area contributed by atoms with Crippen molar-refractivity contribution in [3.63, 3.8) is 0 Å². The smallest absolute Gasteiger partial charge is 0.253 e. The molecule has 1 amide bonds. The Morgan fingerprint density at radius 3 is 2.71 bits per heavy atom. The van der Waals surface area contributed by atoms with Crippen molar-refractivity contribution in [1.29, 1.82) is 5.26 Å². The Hall–Kier alpha value is -3.59. The van der Waals surface area contributed by atoms with E-state index in [2.05, 4.69) is 16.4 Å². The number of rotatable bonds is 4. The first-order valence-corrected chi connectivity index (χ1v) is 11.6. The van der Waals surface area contributed by atoms with Crippen molar-refractivity contribution in [2.24, 2.45) is 0 Å². The molecule has 0 spiro atoms. The average Bonchev–Trinajstić information content (AvgIpc) is 2.83. The quantitative estimate of drug-likeness (QED) is 0.355. The summed E-state index contributed by atoms with van der Waals surface area (Å²) in [5.41, 5.74) is 4.29. The van der Waals surface area contributed by atoms with Gasteiger partial charge >= 0.3 is 0 Å². The van der Waals surface area contributed by atoms with E-state index in [1.807, 2.05) is 54.6 Å². The summed E-state index contributed by atoms with van der Waals surface area (Å²) in [5.74, 6) is 0.510. The maximum absolute atomic E-state index is 13.4. The molecular weight excluding hydrogens is 469 g/mol. The highest BCUT2D eigenvalue weighted by Gasteiger charge is 2.25. The lowest BCUT2D eigenvalue weighted by atomic mass is 9.95. The summed E-state index contributed by atoms with van der Waals surface area (Å²) in [5, 5.41) is 14.4. The maximum Gasteiger partial charge on any atom is 0.253 e. The zero-order valence-corrected chi connectivity index (χ0v) is 19.5. The minimum absolute atomic E-state index is 0.0753. The van der Waals surface area contributed by atoms with Gasteiger partial charge in [0.05, 0.1) is 36.2 Å². The van der Waals surface area contributed by atoms with Crippen LogP contribution in [0, 0.1) is 11.3 Å². The number of fused-ring (bicyclic) bond motifs is 2. The number of para-hydroxylation sites is 2. The molecule has 1 atom stereocenters. The Balaban J connectivity index is 1.57. The number of halogens is 2. The summed E-state index contributed by atoms with van der Waals surface area (Å²) in [6.45, 7) is 0.522. The van der Waals surface area contributed by atoms with Crippen molar-refractivity contribution in [2.45, 2.75) is 18.9 Å². The molecule has 0 saturated carbocycles. The van der Waals surface area contributed by atoms with Crippen LogP contribution in [0.3, 0.4) is 0 Å². The molecule has 0 fully saturated rings. The molecule has 1 aliphatic rings. The molecule has 0 saturated heterocycles. The van der Waals surface area contributed by atoms with Gasteiger partial charge in [-0.3, -0.25) is 9.78 Å². The highest BCUT2D eigenvalue weighted by molar-refractivity contribution is 6.35. The first-order chi connectivity index (χ1) is 16.5. The molecule has 0 unspecified atom stereocenters. The third-order valence-corrected chi connectivity index (χ3v) is 6.38. The first kappa shape index (κ1) is 22.2. The van der Waals surface area contributed by atoms with E-state index in [0.717, 1.165) is 27.8 Å². The maximum atomic E-state index is 13.4.